The van der Waals surface area contributed by atoms with Crippen molar-refractivity contribution in [3.8, 4) is 11.5 Å². The lowest BCUT2D eigenvalue weighted by Crippen LogP contribution is -2.12. The first-order valence-electron chi connectivity index (χ1n) is 6.92. The van der Waals surface area contributed by atoms with Crippen molar-refractivity contribution in [1.29, 1.82) is 0 Å². The van der Waals surface area contributed by atoms with Crippen LogP contribution in [0.5, 0.6) is 11.5 Å². The molecule has 1 aromatic carbocycles. The van der Waals surface area contributed by atoms with E-state index in [1.807, 2.05) is 23.5 Å². The molecule has 1 aliphatic rings. The quantitative estimate of drug-likeness (QED) is 0.885. The van der Waals surface area contributed by atoms with Gasteiger partial charge in [0.1, 0.15) is 11.5 Å². The molecule has 2 N–H and O–H groups in total. The molecule has 0 fully saturated rings. The Bertz CT molecular complexity index is 647. The van der Waals surface area contributed by atoms with Gasteiger partial charge >= 0.3 is 0 Å². The van der Waals surface area contributed by atoms with E-state index in [-0.39, 0.29) is 6.04 Å². The molecule has 5 heteroatoms. The minimum atomic E-state index is -0.183. The standard InChI is InChI=1S/C16H18BrNO2S/c1-19-12-8-11(17)13(20-2)7-10(12)16(18)15-6-9-4-3-5-14(9)21-15/h6-8,16H,3-5,18H2,1-2H3. The van der Waals surface area contributed by atoms with Crippen LogP contribution >= 0.6 is 27.3 Å². The number of halogens is 1. The molecule has 2 aromatic rings. The third-order valence-electron chi connectivity index (χ3n) is 3.91. The van der Waals surface area contributed by atoms with E-state index in [4.69, 9.17) is 15.2 Å². The largest absolute Gasteiger partial charge is 0.496 e. The van der Waals surface area contributed by atoms with E-state index in [9.17, 15) is 0 Å². The Labute approximate surface area is 137 Å². The van der Waals surface area contributed by atoms with Crippen LogP contribution in [-0.2, 0) is 12.8 Å². The summed E-state index contributed by atoms with van der Waals surface area (Å²) in [6.45, 7) is 0. The number of aryl methyl sites for hydroxylation is 2. The number of hydrogen-bond acceptors (Lipinski definition) is 4. The van der Waals surface area contributed by atoms with Crippen LogP contribution in [0.1, 0.15) is 33.3 Å². The van der Waals surface area contributed by atoms with Crippen molar-refractivity contribution in [3.63, 3.8) is 0 Å². The van der Waals surface area contributed by atoms with Gasteiger partial charge in [-0.15, -0.1) is 11.3 Å². The summed E-state index contributed by atoms with van der Waals surface area (Å²) in [5.74, 6) is 1.55. The summed E-state index contributed by atoms with van der Waals surface area (Å²) in [5, 5.41) is 0. The highest BCUT2D eigenvalue weighted by atomic mass is 79.9. The third-order valence-corrected chi connectivity index (χ3v) is 5.85. The Hall–Kier alpha value is -1.04. The first-order chi connectivity index (χ1) is 10.1. The van der Waals surface area contributed by atoms with Crippen LogP contribution in [0.2, 0.25) is 0 Å². The van der Waals surface area contributed by atoms with Crippen molar-refractivity contribution in [1.82, 2.24) is 0 Å². The van der Waals surface area contributed by atoms with Gasteiger partial charge in [-0.05, 0) is 59.0 Å². The molecule has 1 aromatic heterocycles. The van der Waals surface area contributed by atoms with Gasteiger partial charge in [-0.3, -0.25) is 0 Å². The van der Waals surface area contributed by atoms with Crippen molar-refractivity contribution in [2.45, 2.75) is 25.3 Å². The maximum absolute atomic E-state index is 6.49. The Balaban J connectivity index is 2.01. The maximum Gasteiger partial charge on any atom is 0.133 e. The Morgan fingerprint density at radius 2 is 1.90 bits per heavy atom. The first-order valence-corrected chi connectivity index (χ1v) is 8.53. The van der Waals surface area contributed by atoms with Crippen LogP contribution in [0.25, 0.3) is 0 Å². The third kappa shape index (κ3) is 2.70. The predicted molar refractivity (Wildman–Crippen MR) is 89.6 cm³/mol. The van der Waals surface area contributed by atoms with Gasteiger partial charge in [0.05, 0.1) is 24.7 Å². The average molecular weight is 368 g/mol. The smallest absolute Gasteiger partial charge is 0.133 e. The second-order valence-corrected chi connectivity index (χ2v) is 7.18. The van der Waals surface area contributed by atoms with E-state index >= 15 is 0 Å². The highest BCUT2D eigenvalue weighted by Crippen LogP contribution is 2.40. The molecule has 112 valence electrons. The highest BCUT2D eigenvalue weighted by Gasteiger charge is 2.22. The fourth-order valence-electron chi connectivity index (χ4n) is 2.79. The molecule has 1 heterocycles. The number of nitrogens with two attached hydrogens (primary N) is 1. The van der Waals surface area contributed by atoms with Crippen molar-refractivity contribution < 1.29 is 9.47 Å². The predicted octanol–water partition coefficient (Wildman–Crippen LogP) is 4.06. The zero-order valence-electron chi connectivity index (χ0n) is 12.1. The van der Waals surface area contributed by atoms with Gasteiger partial charge in [-0.25, -0.2) is 0 Å². The molecular formula is C16H18BrNO2S. The topological polar surface area (TPSA) is 44.5 Å². The molecule has 1 aliphatic carbocycles. The molecule has 3 nitrogen and oxygen atoms in total. The summed E-state index contributed by atoms with van der Waals surface area (Å²) in [6, 6.07) is 5.94. The molecule has 0 bridgehead atoms. The van der Waals surface area contributed by atoms with Crippen LogP contribution < -0.4 is 15.2 Å². The van der Waals surface area contributed by atoms with Crippen LogP contribution in [-0.4, -0.2) is 14.2 Å². The van der Waals surface area contributed by atoms with E-state index in [0.717, 1.165) is 21.5 Å². The van der Waals surface area contributed by atoms with Crippen LogP contribution in [0.3, 0.4) is 0 Å². The molecule has 3 rings (SSSR count). The van der Waals surface area contributed by atoms with Crippen molar-refractivity contribution in [2.24, 2.45) is 5.73 Å². The number of fused-ring (bicyclic) bond motifs is 1. The summed E-state index contributed by atoms with van der Waals surface area (Å²) in [5.41, 5.74) is 8.91. The van der Waals surface area contributed by atoms with Gasteiger partial charge in [0, 0.05) is 15.3 Å². The minimum Gasteiger partial charge on any atom is -0.496 e. The van der Waals surface area contributed by atoms with Gasteiger partial charge in [0.2, 0.25) is 0 Å². The lowest BCUT2D eigenvalue weighted by Gasteiger charge is -2.17. The average Bonchev–Trinajstić information content (AvgIpc) is 3.07. The Morgan fingerprint density at radius 3 is 2.57 bits per heavy atom. The molecule has 0 radical (unpaired) electrons. The van der Waals surface area contributed by atoms with Crippen molar-refractivity contribution in [3.05, 3.63) is 43.6 Å². The molecule has 0 aliphatic heterocycles. The fourth-order valence-corrected chi connectivity index (χ4v) is 4.55. The van der Waals surface area contributed by atoms with E-state index in [0.29, 0.717) is 0 Å². The Kier molecular flexibility index (Phi) is 4.24. The number of benzene rings is 1. The zero-order valence-corrected chi connectivity index (χ0v) is 14.5. The lowest BCUT2D eigenvalue weighted by atomic mass is 10.0. The van der Waals surface area contributed by atoms with Gasteiger partial charge in [-0.2, -0.15) is 0 Å². The minimum absolute atomic E-state index is 0.183. The SMILES string of the molecule is COc1cc(C(N)c2cc3c(s2)CCC3)c(OC)cc1Br. The summed E-state index contributed by atoms with van der Waals surface area (Å²) in [7, 11) is 3.32. The van der Waals surface area contributed by atoms with Gasteiger partial charge in [0.15, 0.2) is 0 Å². The van der Waals surface area contributed by atoms with Crippen LogP contribution in [0.15, 0.2) is 22.7 Å². The van der Waals surface area contributed by atoms with Gasteiger partial charge < -0.3 is 15.2 Å². The van der Waals surface area contributed by atoms with Gasteiger partial charge in [-0.1, -0.05) is 0 Å². The number of hydrogen-bond donors (Lipinski definition) is 1. The molecule has 0 spiro atoms. The van der Waals surface area contributed by atoms with Gasteiger partial charge in [0.25, 0.3) is 0 Å². The van der Waals surface area contributed by atoms with Crippen LogP contribution in [0.4, 0.5) is 0 Å². The Morgan fingerprint density at radius 1 is 1.14 bits per heavy atom. The molecule has 0 amide bonds. The summed E-state index contributed by atoms with van der Waals surface area (Å²) >= 11 is 5.31. The number of ether oxygens (including phenoxy) is 2. The molecular weight excluding hydrogens is 350 g/mol. The molecule has 0 saturated heterocycles. The second-order valence-electron chi connectivity index (χ2n) is 5.16. The maximum atomic E-state index is 6.49. The number of thiophene rings is 1. The van der Waals surface area contributed by atoms with E-state index < -0.39 is 0 Å². The first kappa shape index (κ1) is 14.9. The number of rotatable bonds is 4. The van der Waals surface area contributed by atoms with E-state index in [1.54, 1.807) is 14.2 Å². The number of methoxy groups -OCH3 is 2. The van der Waals surface area contributed by atoms with Crippen molar-refractivity contribution >= 4 is 27.3 Å². The molecule has 21 heavy (non-hydrogen) atoms. The van der Waals surface area contributed by atoms with E-state index in [2.05, 4.69) is 22.0 Å². The molecule has 1 atom stereocenters. The van der Waals surface area contributed by atoms with E-state index in [1.165, 1.54) is 34.6 Å². The molecule has 0 saturated carbocycles. The normalized spacial score (nSPS) is 14.9. The van der Waals surface area contributed by atoms with Crippen molar-refractivity contribution in [2.75, 3.05) is 14.2 Å². The zero-order chi connectivity index (χ0) is 15.0. The summed E-state index contributed by atoms with van der Waals surface area (Å²) in [6.07, 6.45) is 3.64. The fraction of sp³-hybridized carbons (Fsp3) is 0.375. The monoisotopic (exact) mass is 367 g/mol. The molecule has 1 unspecified atom stereocenters. The lowest BCUT2D eigenvalue weighted by molar-refractivity contribution is 0.395. The van der Waals surface area contributed by atoms with Crippen LogP contribution in [0, 0.1) is 0 Å². The highest BCUT2D eigenvalue weighted by molar-refractivity contribution is 9.10. The summed E-state index contributed by atoms with van der Waals surface area (Å²) in [4.78, 5) is 2.69. The summed E-state index contributed by atoms with van der Waals surface area (Å²) < 4.78 is 11.7. The second kappa shape index (κ2) is 5.99.